The molecule has 1 amide bonds. The molecule has 120 valence electrons. The van der Waals surface area contributed by atoms with Gasteiger partial charge in [-0.2, -0.15) is 0 Å². The van der Waals surface area contributed by atoms with Crippen LogP contribution in [0.15, 0.2) is 42.7 Å². The van der Waals surface area contributed by atoms with Crippen molar-refractivity contribution in [3.8, 4) is 0 Å². The first-order valence-corrected chi connectivity index (χ1v) is 7.77. The van der Waals surface area contributed by atoms with Crippen LogP contribution < -0.4 is 5.32 Å². The Kier molecular flexibility index (Phi) is 5.63. The molecule has 1 aromatic carbocycles. The van der Waals surface area contributed by atoms with E-state index in [0.29, 0.717) is 5.56 Å². The molecule has 0 radical (unpaired) electrons. The van der Waals surface area contributed by atoms with Crippen LogP contribution in [0, 0.1) is 13.8 Å². The molecule has 2 rings (SSSR count). The van der Waals surface area contributed by atoms with Crippen molar-refractivity contribution in [2.75, 3.05) is 0 Å². The van der Waals surface area contributed by atoms with Crippen LogP contribution in [-0.2, 0) is 4.79 Å². The van der Waals surface area contributed by atoms with Crippen molar-refractivity contribution < 1.29 is 9.59 Å². The van der Waals surface area contributed by atoms with Gasteiger partial charge in [0, 0.05) is 30.8 Å². The van der Waals surface area contributed by atoms with E-state index < -0.39 is 0 Å². The standard InChI is InChI=1S/C19H22N2O2/c1-13-4-5-17(12-14(13)2)18(22)6-7-19(23)21-15(3)16-8-10-20-11-9-16/h4-5,8-12,15H,6-7H2,1-3H3,(H,21,23). The van der Waals surface area contributed by atoms with Gasteiger partial charge in [0.15, 0.2) is 5.78 Å². The smallest absolute Gasteiger partial charge is 0.220 e. The molecular weight excluding hydrogens is 288 g/mol. The van der Waals surface area contributed by atoms with Crippen molar-refractivity contribution in [2.24, 2.45) is 0 Å². The Labute approximate surface area is 137 Å². The molecule has 0 saturated carbocycles. The summed E-state index contributed by atoms with van der Waals surface area (Å²) in [6.45, 7) is 5.91. The third-order valence-corrected chi connectivity index (χ3v) is 3.99. The van der Waals surface area contributed by atoms with E-state index >= 15 is 0 Å². The van der Waals surface area contributed by atoms with E-state index in [4.69, 9.17) is 0 Å². The molecular formula is C19H22N2O2. The number of carbonyl (C=O) groups excluding carboxylic acids is 2. The average Bonchev–Trinajstić information content (AvgIpc) is 2.56. The minimum absolute atomic E-state index is 0.000172. The number of pyridine rings is 1. The lowest BCUT2D eigenvalue weighted by Gasteiger charge is -2.14. The van der Waals surface area contributed by atoms with Gasteiger partial charge in [-0.3, -0.25) is 14.6 Å². The highest BCUT2D eigenvalue weighted by molar-refractivity contribution is 5.98. The summed E-state index contributed by atoms with van der Waals surface area (Å²) in [6.07, 6.45) is 3.81. The fourth-order valence-corrected chi connectivity index (χ4v) is 2.34. The molecule has 0 saturated heterocycles. The Balaban J connectivity index is 1.86. The molecule has 1 heterocycles. The third-order valence-electron chi connectivity index (χ3n) is 3.99. The highest BCUT2D eigenvalue weighted by Crippen LogP contribution is 2.14. The molecule has 1 N–H and O–H groups in total. The van der Waals surface area contributed by atoms with E-state index in [0.717, 1.165) is 16.7 Å². The molecule has 0 aliphatic heterocycles. The van der Waals surface area contributed by atoms with Crippen molar-refractivity contribution in [1.29, 1.82) is 0 Å². The lowest BCUT2D eigenvalue weighted by atomic mass is 10.0. The number of aryl methyl sites for hydroxylation is 2. The molecule has 1 aromatic heterocycles. The van der Waals surface area contributed by atoms with Gasteiger partial charge in [-0.05, 0) is 55.7 Å². The maximum atomic E-state index is 12.2. The van der Waals surface area contributed by atoms with Crippen LogP contribution in [0.1, 0.15) is 52.9 Å². The van der Waals surface area contributed by atoms with Crippen LogP contribution >= 0.6 is 0 Å². The van der Waals surface area contributed by atoms with Gasteiger partial charge in [-0.25, -0.2) is 0 Å². The summed E-state index contributed by atoms with van der Waals surface area (Å²) < 4.78 is 0. The zero-order valence-electron chi connectivity index (χ0n) is 13.8. The number of nitrogens with zero attached hydrogens (tertiary/aromatic N) is 1. The molecule has 2 aromatic rings. The minimum Gasteiger partial charge on any atom is -0.350 e. The van der Waals surface area contributed by atoms with E-state index in [2.05, 4.69) is 10.3 Å². The maximum Gasteiger partial charge on any atom is 0.220 e. The molecule has 0 spiro atoms. The first-order valence-electron chi connectivity index (χ1n) is 7.77. The molecule has 23 heavy (non-hydrogen) atoms. The number of rotatable bonds is 6. The summed E-state index contributed by atoms with van der Waals surface area (Å²) in [5.41, 5.74) is 3.91. The zero-order chi connectivity index (χ0) is 16.8. The Morgan fingerprint density at radius 3 is 2.39 bits per heavy atom. The van der Waals surface area contributed by atoms with Crippen molar-refractivity contribution in [3.05, 3.63) is 65.0 Å². The highest BCUT2D eigenvalue weighted by Gasteiger charge is 2.13. The molecule has 4 heteroatoms. The maximum absolute atomic E-state index is 12.2. The number of benzene rings is 1. The largest absolute Gasteiger partial charge is 0.350 e. The van der Waals surface area contributed by atoms with Gasteiger partial charge in [0.1, 0.15) is 0 Å². The SMILES string of the molecule is Cc1ccc(C(=O)CCC(=O)NC(C)c2ccncc2)cc1C. The Morgan fingerprint density at radius 1 is 1.04 bits per heavy atom. The Hall–Kier alpha value is -2.49. The van der Waals surface area contributed by atoms with Crippen LogP contribution in [0.2, 0.25) is 0 Å². The van der Waals surface area contributed by atoms with Crippen LogP contribution in [0.4, 0.5) is 0 Å². The predicted molar refractivity (Wildman–Crippen MR) is 90.3 cm³/mol. The highest BCUT2D eigenvalue weighted by atomic mass is 16.2. The topological polar surface area (TPSA) is 59.1 Å². The average molecular weight is 310 g/mol. The van der Waals surface area contributed by atoms with Gasteiger partial charge < -0.3 is 5.32 Å². The fraction of sp³-hybridized carbons (Fsp3) is 0.316. The van der Waals surface area contributed by atoms with E-state index in [9.17, 15) is 9.59 Å². The number of amides is 1. The van der Waals surface area contributed by atoms with E-state index in [-0.39, 0.29) is 30.6 Å². The number of nitrogens with one attached hydrogen (secondary N) is 1. The summed E-state index contributed by atoms with van der Waals surface area (Å²) >= 11 is 0. The van der Waals surface area contributed by atoms with Crippen LogP contribution in [0.25, 0.3) is 0 Å². The number of hydrogen-bond acceptors (Lipinski definition) is 3. The monoisotopic (exact) mass is 310 g/mol. The molecule has 0 fully saturated rings. The van der Waals surface area contributed by atoms with Gasteiger partial charge in [-0.15, -0.1) is 0 Å². The zero-order valence-corrected chi connectivity index (χ0v) is 13.8. The lowest BCUT2D eigenvalue weighted by molar-refractivity contribution is -0.121. The van der Waals surface area contributed by atoms with E-state index in [1.165, 1.54) is 0 Å². The second kappa shape index (κ2) is 7.68. The number of Topliss-reactive ketones (excluding diaryl/α,β-unsaturated/α-hetero) is 1. The number of aromatic nitrogens is 1. The predicted octanol–water partition coefficient (Wildman–Crippen LogP) is 3.54. The molecule has 0 aliphatic carbocycles. The Bertz CT molecular complexity index is 696. The molecule has 1 unspecified atom stereocenters. The summed E-state index contributed by atoms with van der Waals surface area (Å²) in [7, 11) is 0. The molecule has 0 aliphatic rings. The lowest BCUT2D eigenvalue weighted by Crippen LogP contribution is -2.26. The van der Waals surface area contributed by atoms with Gasteiger partial charge in [0.25, 0.3) is 0 Å². The summed E-state index contributed by atoms with van der Waals surface area (Å²) in [5.74, 6) is -0.119. The fourth-order valence-electron chi connectivity index (χ4n) is 2.34. The summed E-state index contributed by atoms with van der Waals surface area (Å²) in [4.78, 5) is 28.1. The van der Waals surface area contributed by atoms with Gasteiger partial charge in [-0.1, -0.05) is 12.1 Å². The number of hydrogen-bond donors (Lipinski definition) is 1. The van der Waals surface area contributed by atoms with Crippen molar-refractivity contribution >= 4 is 11.7 Å². The van der Waals surface area contributed by atoms with Crippen LogP contribution in [-0.4, -0.2) is 16.7 Å². The third kappa shape index (κ3) is 4.74. The second-order valence-corrected chi connectivity index (χ2v) is 5.79. The first-order chi connectivity index (χ1) is 11.0. The van der Waals surface area contributed by atoms with Crippen LogP contribution in [0.3, 0.4) is 0 Å². The van der Waals surface area contributed by atoms with Gasteiger partial charge in [0.05, 0.1) is 6.04 Å². The van der Waals surface area contributed by atoms with Crippen molar-refractivity contribution in [1.82, 2.24) is 10.3 Å². The van der Waals surface area contributed by atoms with Gasteiger partial charge >= 0.3 is 0 Å². The van der Waals surface area contributed by atoms with E-state index in [1.807, 2.05) is 51.1 Å². The summed E-state index contributed by atoms with van der Waals surface area (Å²) in [5, 5.41) is 2.90. The van der Waals surface area contributed by atoms with Crippen molar-refractivity contribution in [2.45, 2.75) is 39.7 Å². The first kappa shape index (κ1) is 16.9. The molecule has 0 bridgehead atoms. The quantitative estimate of drug-likeness (QED) is 0.830. The van der Waals surface area contributed by atoms with E-state index in [1.54, 1.807) is 12.4 Å². The van der Waals surface area contributed by atoms with Gasteiger partial charge in [0.2, 0.25) is 5.91 Å². The minimum atomic E-state index is -0.119. The Morgan fingerprint density at radius 2 is 1.74 bits per heavy atom. The molecule has 1 atom stereocenters. The second-order valence-electron chi connectivity index (χ2n) is 5.79. The van der Waals surface area contributed by atoms with Crippen LogP contribution in [0.5, 0.6) is 0 Å². The molecule has 4 nitrogen and oxygen atoms in total. The van der Waals surface area contributed by atoms with Crippen molar-refractivity contribution in [3.63, 3.8) is 0 Å². The normalized spacial score (nSPS) is 11.8. The summed E-state index contributed by atoms with van der Waals surface area (Å²) in [6, 6.07) is 9.28. The number of carbonyl (C=O) groups is 2. The number of ketones is 1.